The Hall–Kier alpha value is -2.08. The van der Waals surface area contributed by atoms with Gasteiger partial charge in [-0.2, -0.15) is 0 Å². The van der Waals surface area contributed by atoms with Crippen LogP contribution in [0.1, 0.15) is 37.9 Å². The first kappa shape index (κ1) is 16.8. The van der Waals surface area contributed by atoms with Gasteiger partial charge in [0.25, 0.3) is 0 Å². The number of hydrogen-bond donors (Lipinski definition) is 3. The Morgan fingerprint density at radius 3 is 3.08 bits per heavy atom. The normalized spacial score (nSPS) is 18.0. The molecule has 1 aromatic carbocycles. The van der Waals surface area contributed by atoms with E-state index in [0.717, 1.165) is 55.5 Å². The molecule has 0 bridgehead atoms. The minimum atomic E-state index is -0.00208. The number of aromatic amines is 1. The van der Waals surface area contributed by atoms with Gasteiger partial charge in [-0.25, -0.2) is 9.78 Å². The molecule has 0 saturated carbocycles. The minimum absolute atomic E-state index is 0.00208. The Bertz CT molecular complexity index is 635. The van der Waals surface area contributed by atoms with Gasteiger partial charge >= 0.3 is 6.03 Å². The Kier molecular flexibility index (Phi) is 5.69. The van der Waals surface area contributed by atoms with E-state index in [-0.39, 0.29) is 18.7 Å². The fraction of sp³-hybridized carbons (Fsp3) is 0.556. The summed E-state index contributed by atoms with van der Waals surface area (Å²) in [6, 6.07) is 8.16. The van der Waals surface area contributed by atoms with Crippen LogP contribution in [0.25, 0.3) is 11.0 Å². The zero-order chi connectivity index (χ0) is 16.8. The molecule has 1 atom stereocenters. The summed E-state index contributed by atoms with van der Waals surface area (Å²) in [5, 5.41) is 12.2. The molecule has 2 heterocycles. The van der Waals surface area contributed by atoms with Crippen molar-refractivity contribution in [3.8, 4) is 0 Å². The fourth-order valence-electron chi connectivity index (χ4n) is 3.39. The number of carbonyl (C=O) groups is 1. The first-order valence-corrected chi connectivity index (χ1v) is 8.87. The van der Waals surface area contributed by atoms with Gasteiger partial charge in [-0.15, -0.1) is 0 Å². The SMILES string of the molecule is O=C(NCCCc1nc2ccccc2[nH]1)N1CCCC[C@@H]1CCO. The summed E-state index contributed by atoms with van der Waals surface area (Å²) in [6.07, 6.45) is 5.52. The highest BCUT2D eigenvalue weighted by Crippen LogP contribution is 2.19. The number of rotatable bonds is 6. The van der Waals surface area contributed by atoms with Crippen molar-refractivity contribution in [1.82, 2.24) is 20.2 Å². The van der Waals surface area contributed by atoms with E-state index >= 15 is 0 Å². The summed E-state index contributed by atoms with van der Waals surface area (Å²) in [7, 11) is 0. The summed E-state index contributed by atoms with van der Waals surface area (Å²) < 4.78 is 0. The highest BCUT2D eigenvalue weighted by atomic mass is 16.3. The van der Waals surface area contributed by atoms with Crippen LogP contribution in [0.15, 0.2) is 24.3 Å². The Morgan fingerprint density at radius 1 is 1.38 bits per heavy atom. The quantitative estimate of drug-likeness (QED) is 0.712. The van der Waals surface area contributed by atoms with E-state index in [0.29, 0.717) is 13.0 Å². The number of aromatic nitrogens is 2. The predicted octanol–water partition coefficient (Wildman–Crippen LogP) is 2.44. The molecular formula is C18H26N4O2. The van der Waals surface area contributed by atoms with Crippen LogP contribution in [0.3, 0.4) is 0 Å². The van der Waals surface area contributed by atoms with Gasteiger partial charge in [-0.05, 0) is 44.2 Å². The molecule has 6 nitrogen and oxygen atoms in total. The van der Waals surface area contributed by atoms with E-state index in [9.17, 15) is 4.79 Å². The molecule has 1 saturated heterocycles. The smallest absolute Gasteiger partial charge is 0.317 e. The van der Waals surface area contributed by atoms with Crippen LogP contribution in [0, 0.1) is 0 Å². The number of hydrogen-bond acceptors (Lipinski definition) is 3. The number of aliphatic hydroxyl groups excluding tert-OH is 1. The molecule has 2 aromatic rings. The Morgan fingerprint density at radius 2 is 2.25 bits per heavy atom. The molecule has 2 amide bonds. The molecule has 0 spiro atoms. The maximum Gasteiger partial charge on any atom is 0.317 e. The number of amides is 2. The summed E-state index contributed by atoms with van der Waals surface area (Å²) in [5.74, 6) is 0.960. The molecule has 24 heavy (non-hydrogen) atoms. The predicted molar refractivity (Wildman–Crippen MR) is 93.9 cm³/mol. The monoisotopic (exact) mass is 330 g/mol. The van der Waals surface area contributed by atoms with Crippen LogP contribution < -0.4 is 5.32 Å². The van der Waals surface area contributed by atoms with Crippen molar-refractivity contribution in [3.63, 3.8) is 0 Å². The third-order valence-electron chi connectivity index (χ3n) is 4.66. The van der Waals surface area contributed by atoms with Gasteiger partial charge in [0.05, 0.1) is 11.0 Å². The largest absolute Gasteiger partial charge is 0.396 e. The van der Waals surface area contributed by atoms with Gasteiger partial charge in [0.1, 0.15) is 5.82 Å². The number of para-hydroxylation sites is 2. The number of benzene rings is 1. The maximum atomic E-state index is 12.3. The molecule has 1 aromatic heterocycles. The number of aryl methyl sites for hydroxylation is 1. The highest BCUT2D eigenvalue weighted by molar-refractivity contribution is 5.75. The Balaban J connectivity index is 1.44. The van der Waals surface area contributed by atoms with Crippen molar-refractivity contribution >= 4 is 17.1 Å². The lowest BCUT2D eigenvalue weighted by molar-refractivity contribution is 0.132. The fourth-order valence-corrected chi connectivity index (χ4v) is 3.39. The number of piperidine rings is 1. The van der Waals surface area contributed by atoms with Crippen LogP contribution >= 0.6 is 0 Å². The van der Waals surface area contributed by atoms with Crippen LogP contribution in [0.4, 0.5) is 4.79 Å². The number of carbonyl (C=O) groups excluding carboxylic acids is 1. The van der Waals surface area contributed by atoms with Gasteiger partial charge in [-0.1, -0.05) is 12.1 Å². The molecule has 0 radical (unpaired) electrons. The number of nitrogens with one attached hydrogen (secondary N) is 2. The first-order chi connectivity index (χ1) is 11.8. The zero-order valence-corrected chi connectivity index (χ0v) is 14.0. The van der Waals surface area contributed by atoms with Gasteiger partial charge in [0, 0.05) is 32.2 Å². The second-order valence-corrected chi connectivity index (χ2v) is 6.39. The standard InChI is InChI=1S/C18H26N4O2/c23-13-10-14-6-3-4-12-22(14)18(24)19-11-5-9-17-20-15-7-1-2-8-16(15)21-17/h1-2,7-8,14,23H,3-6,9-13H2,(H,19,24)(H,20,21)/t14-/m1/s1. The summed E-state index contributed by atoms with van der Waals surface area (Å²) in [4.78, 5) is 22.1. The molecular weight excluding hydrogens is 304 g/mol. The minimum Gasteiger partial charge on any atom is -0.396 e. The van der Waals surface area contributed by atoms with Gasteiger partial charge in [-0.3, -0.25) is 0 Å². The van der Waals surface area contributed by atoms with Crippen molar-refractivity contribution in [2.45, 2.75) is 44.6 Å². The van der Waals surface area contributed by atoms with Gasteiger partial charge in [0.2, 0.25) is 0 Å². The average molecular weight is 330 g/mol. The molecule has 1 aliphatic rings. The first-order valence-electron chi connectivity index (χ1n) is 8.87. The lowest BCUT2D eigenvalue weighted by Gasteiger charge is -2.35. The second kappa shape index (κ2) is 8.15. The molecule has 130 valence electrons. The van der Waals surface area contributed by atoms with Crippen LogP contribution in [0.5, 0.6) is 0 Å². The third-order valence-corrected chi connectivity index (χ3v) is 4.66. The van der Waals surface area contributed by atoms with Crippen molar-refractivity contribution in [2.75, 3.05) is 19.7 Å². The molecule has 1 aliphatic heterocycles. The van der Waals surface area contributed by atoms with E-state index in [1.165, 1.54) is 0 Å². The van der Waals surface area contributed by atoms with Crippen molar-refractivity contribution in [2.24, 2.45) is 0 Å². The third kappa shape index (κ3) is 4.06. The van der Waals surface area contributed by atoms with E-state index in [2.05, 4.69) is 15.3 Å². The number of fused-ring (bicyclic) bond motifs is 1. The topological polar surface area (TPSA) is 81.2 Å². The number of likely N-dealkylation sites (tertiary alicyclic amines) is 1. The molecule has 1 fully saturated rings. The summed E-state index contributed by atoms with van der Waals surface area (Å²) >= 11 is 0. The van der Waals surface area contributed by atoms with Gasteiger partial charge < -0.3 is 20.3 Å². The van der Waals surface area contributed by atoms with Crippen molar-refractivity contribution < 1.29 is 9.90 Å². The number of H-pyrrole nitrogens is 1. The number of aliphatic hydroxyl groups is 1. The summed E-state index contributed by atoms with van der Waals surface area (Å²) in [5.41, 5.74) is 2.04. The maximum absolute atomic E-state index is 12.3. The zero-order valence-electron chi connectivity index (χ0n) is 14.0. The number of urea groups is 1. The van der Waals surface area contributed by atoms with E-state index < -0.39 is 0 Å². The number of nitrogens with zero attached hydrogens (tertiary/aromatic N) is 2. The van der Waals surface area contributed by atoms with Crippen LogP contribution in [-0.4, -0.2) is 51.7 Å². The Labute approximate surface area is 142 Å². The van der Waals surface area contributed by atoms with E-state index in [1.54, 1.807) is 0 Å². The molecule has 3 N–H and O–H groups in total. The van der Waals surface area contributed by atoms with Gasteiger partial charge in [0.15, 0.2) is 0 Å². The lowest BCUT2D eigenvalue weighted by Crippen LogP contribution is -2.49. The number of imidazole rings is 1. The summed E-state index contributed by atoms with van der Waals surface area (Å²) in [6.45, 7) is 1.57. The second-order valence-electron chi connectivity index (χ2n) is 6.39. The van der Waals surface area contributed by atoms with Crippen molar-refractivity contribution in [3.05, 3.63) is 30.1 Å². The highest BCUT2D eigenvalue weighted by Gasteiger charge is 2.25. The van der Waals surface area contributed by atoms with Crippen molar-refractivity contribution in [1.29, 1.82) is 0 Å². The van der Waals surface area contributed by atoms with E-state index in [1.807, 2.05) is 29.2 Å². The molecule has 0 unspecified atom stereocenters. The molecule has 3 rings (SSSR count). The average Bonchev–Trinajstić information content (AvgIpc) is 3.02. The molecule has 6 heteroatoms. The molecule has 0 aliphatic carbocycles. The van der Waals surface area contributed by atoms with Crippen LogP contribution in [-0.2, 0) is 6.42 Å². The van der Waals surface area contributed by atoms with E-state index in [4.69, 9.17) is 5.11 Å². The lowest BCUT2D eigenvalue weighted by atomic mass is 10.0. The van der Waals surface area contributed by atoms with Crippen LogP contribution in [0.2, 0.25) is 0 Å².